The second-order valence-corrected chi connectivity index (χ2v) is 6.13. The fraction of sp³-hybridized carbons (Fsp3) is 0.0556. The molecular weight excluding hydrogens is 419 g/mol. The number of fused-ring (bicyclic) bond motifs is 1. The maximum atomic E-state index is 11.2. The third-order valence-corrected chi connectivity index (χ3v) is 3.57. The summed E-state index contributed by atoms with van der Waals surface area (Å²) in [7, 11) is 0. The summed E-state index contributed by atoms with van der Waals surface area (Å²) in [6, 6.07) is 8.26. The van der Waals surface area contributed by atoms with Crippen LogP contribution in [0.4, 0.5) is 0 Å². The molecule has 1 aromatic carbocycles. The molecule has 6 heteroatoms. The summed E-state index contributed by atoms with van der Waals surface area (Å²) in [6.45, 7) is 7.72. The summed E-state index contributed by atoms with van der Waals surface area (Å²) in [4.78, 5) is 11.2. The van der Waals surface area contributed by atoms with E-state index < -0.39 is 0 Å². The Morgan fingerprint density at radius 3 is 2.88 bits per heavy atom. The molecule has 0 bridgehead atoms. The minimum absolute atomic E-state index is 0.213. The van der Waals surface area contributed by atoms with Gasteiger partial charge in [0, 0.05) is 21.2 Å². The van der Waals surface area contributed by atoms with Gasteiger partial charge in [-0.1, -0.05) is 19.2 Å². The van der Waals surface area contributed by atoms with Crippen LogP contribution in [0.3, 0.4) is 0 Å². The summed E-state index contributed by atoms with van der Waals surface area (Å²) < 4.78 is 11.6. The maximum Gasteiger partial charge on any atom is 0.336 e. The summed E-state index contributed by atoms with van der Waals surface area (Å²) in [5, 5.41) is 3.84. The zero-order valence-corrected chi connectivity index (χ0v) is 15.1. The fourth-order valence-corrected chi connectivity index (χ4v) is 2.19. The number of nitrogens with one attached hydrogen (secondary N) is 1. The second-order valence-electron chi connectivity index (χ2n) is 4.83. The largest absolute Gasteiger partial charge is 0.487 e. The second kappa shape index (κ2) is 8.39. The van der Waals surface area contributed by atoms with Crippen molar-refractivity contribution in [3.05, 3.63) is 87.2 Å². The number of nitrogens with two attached hydrogens (primary N) is 1. The SMILES string of the molecule is C=C/C=C(/N/C=C(\N)COc1ccc2oc(=O)ccc2c1)C(=C)I. The predicted octanol–water partition coefficient (Wildman–Crippen LogP) is 3.58. The van der Waals surface area contributed by atoms with E-state index in [1.807, 2.05) is 0 Å². The molecule has 1 heterocycles. The third-order valence-electron chi connectivity index (χ3n) is 2.99. The first-order valence-corrected chi connectivity index (χ1v) is 8.13. The molecule has 24 heavy (non-hydrogen) atoms. The molecule has 1 aromatic heterocycles. The lowest BCUT2D eigenvalue weighted by Gasteiger charge is -2.09. The van der Waals surface area contributed by atoms with E-state index in [4.69, 9.17) is 14.9 Å². The van der Waals surface area contributed by atoms with Gasteiger partial charge < -0.3 is 20.2 Å². The highest BCUT2D eigenvalue weighted by Crippen LogP contribution is 2.19. The zero-order valence-electron chi connectivity index (χ0n) is 12.9. The molecule has 0 atom stereocenters. The van der Waals surface area contributed by atoms with Gasteiger partial charge in [-0.3, -0.25) is 0 Å². The molecule has 0 fully saturated rings. The van der Waals surface area contributed by atoms with Crippen LogP contribution >= 0.6 is 22.6 Å². The average Bonchev–Trinajstić information content (AvgIpc) is 2.56. The summed E-state index contributed by atoms with van der Waals surface area (Å²) in [5.41, 5.74) is 7.39. The van der Waals surface area contributed by atoms with Crippen LogP contribution in [0.5, 0.6) is 5.75 Å². The number of halogens is 1. The van der Waals surface area contributed by atoms with E-state index in [1.54, 1.807) is 42.6 Å². The first kappa shape index (κ1) is 17.9. The van der Waals surface area contributed by atoms with Crippen LogP contribution in [0.2, 0.25) is 0 Å². The standard InChI is InChI=1S/C18H17IN2O3/c1-3-4-16(12(2)19)21-10-14(20)11-23-15-6-7-17-13(9-15)5-8-18(22)24-17/h3-10,21H,1-2,11,20H2/b14-10-,16-4+. The van der Waals surface area contributed by atoms with E-state index in [1.165, 1.54) is 6.07 Å². The van der Waals surface area contributed by atoms with E-state index >= 15 is 0 Å². The van der Waals surface area contributed by atoms with Crippen LogP contribution in [0.15, 0.2) is 86.0 Å². The first-order chi connectivity index (χ1) is 11.5. The minimum Gasteiger partial charge on any atom is -0.487 e. The van der Waals surface area contributed by atoms with Crippen LogP contribution in [0.1, 0.15) is 0 Å². The van der Waals surface area contributed by atoms with Crippen LogP contribution in [-0.4, -0.2) is 6.61 Å². The molecule has 0 amide bonds. The van der Waals surface area contributed by atoms with Gasteiger partial charge in [0.15, 0.2) is 0 Å². The molecule has 5 nitrogen and oxygen atoms in total. The molecule has 0 unspecified atom stereocenters. The van der Waals surface area contributed by atoms with Crippen LogP contribution < -0.4 is 21.4 Å². The predicted molar refractivity (Wildman–Crippen MR) is 105 cm³/mol. The van der Waals surface area contributed by atoms with E-state index in [0.29, 0.717) is 17.0 Å². The highest BCUT2D eigenvalue weighted by atomic mass is 127. The van der Waals surface area contributed by atoms with Gasteiger partial charge in [0.05, 0.1) is 11.4 Å². The Bertz CT molecular complexity index is 881. The van der Waals surface area contributed by atoms with Gasteiger partial charge in [0.1, 0.15) is 17.9 Å². The molecule has 0 aliphatic rings. The van der Waals surface area contributed by atoms with Crippen LogP contribution in [0, 0.1) is 0 Å². The first-order valence-electron chi connectivity index (χ1n) is 7.05. The smallest absolute Gasteiger partial charge is 0.336 e. The van der Waals surface area contributed by atoms with Crippen molar-refractivity contribution in [3.8, 4) is 5.75 Å². The van der Waals surface area contributed by atoms with Gasteiger partial charge in [0.25, 0.3) is 0 Å². The molecule has 0 aliphatic carbocycles. The highest BCUT2D eigenvalue weighted by molar-refractivity contribution is 14.1. The minimum atomic E-state index is -0.380. The Morgan fingerprint density at radius 1 is 1.38 bits per heavy atom. The normalized spacial score (nSPS) is 12.0. The average molecular weight is 436 g/mol. The maximum absolute atomic E-state index is 11.2. The van der Waals surface area contributed by atoms with Crippen molar-refractivity contribution >= 4 is 33.6 Å². The number of benzene rings is 1. The Labute approximate surface area is 153 Å². The summed E-state index contributed by atoms with van der Waals surface area (Å²) in [5.74, 6) is 0.632. The number of allylic oxidation sites excluding steroid dienone is 3. The third kappa shape index (κ3) is 5.02. The molecule has 2 rings (SSSR count). The van der Waals surface area contributed by atoms with Gasteiger partial charge in [-0.05, 0) is 52.9 Å². The van der Waals surface area contributed by atoms with Crippen LogP contribution in [-0.2, 0) is 0 Å². The topological polar surface area (TPSA) is 77.5 Å². The molecule has 0 spiro atoms. The van der Waals surface area contributed by atoms with Crippen molar-refractivity contribution in [1.82, 2.24) is 5.32 Å². The van der Waals surface area contributed by atoms with E-state index in [2.05, 4.69) is 41.1 Å². The molecule has 0 radical (unpaired) electrons. The van der Waals surface area contributed by atoms with Crippen LogP contribution in [0.25, 0.3) is 11.0 Å². The summed E-state index contributed by atoms with van der Waals surface area (Å²) >= 11 is 2.11. The van der Waals surface area contributed by atoms with E-state index in [0.717, 1.165) is 14.7 Å². The lowest BCUT2D eigenvalue weighted by atomic mass is 10.2. The van der Waals surface area contributed by atoms with Gasteiger partial charge in [-0.25, -0.2) is 4.79 Å². The van der Waals surface area contributed by atoms with Gasteiger partial charge >= 0.3 is 5.63 Å². The van der Waals surface area contributed by atoms with Crippen molar-refractivity contribution < 1.29 is 9.15 Å². The molecule has 0 saturated carbocycles. The van der Waals surface area contributed by atoms with Gasteiger partial charge in [0.2, 0.25) is 0 Å². The molecule has 2 aromatic rings. The van der Waals surface area contributed by atoms with Crippen molar-refractivity contribution in [1.29, 1.82) is 0 Å². The molecule has 124 valence electrons. The monoisotopic (exact) mass is 436 g/mol. The molecule has 0 aliphatic heterocycles. The fourth-order valence-electron chi connectivity index (χ4n) is 1.85. The number of hydrogen-bond acceptors (Lipinski definition) is 5. The van der Waals surface area contributed by atoms with Gasteiger partial charge in [-0.15, -0.1) is 0 Å². The Morgan fingerprint density at radius 2 is 2.17 bits per heavy atom. The van der Waals surface area contributed by atoms with E-state index in [9.17, 15) is 4.79 Å². The zero-order chi connectivity index (χ0) is 17.5. The van der Waals surface area contributed by atoms with Gasteiger partial charge in [-0.2, -0.15) is 0 Å². The van der Waals surface area contributed by atoms with Crippen molar-refractivity contribution in [2.45, 2.75) is 0 Å². The molecule has 3 N–H and O–H groups in total. The highest BCUT2D eigenvalue weighted by Gasteiger charge is 2.01. The van der Waals surface area contributed by atoms with Crippen molar-refractivity contribution in [2.24, 2.45) is 5.73 Å². The number of rotatable bonds is 7. The Kier molecular flexibility index (Phi) is 6.25. The van der Waals surface area contributed by atoms with Crippen molar-refractivity contribution in [3.63, 3.8) is 0 Å². The van der Waals surface area contributed by atoms with Crippen molar-refractivity contribution in [2.75, 3.05) is 6.61 Å². The quantitative estimate of drug-likeness (QED) is 0.394. The number of ether oxygens (including phenoxy) is 1. The molecule has 0 saturated heterocycles. The number of hydrogen-bond donors (Lipinski definition) is 2. The Balaban J connectivity index is 2.01. The molecular formula is C18H17IN2O3. The summed E-state index contributed by atoms with van der Waals surface area (Å²) in [6.07, 6.45) is 5.12. The lowest BCUT2D eigenvalue weighted by Crippen LogP contribution is -2.14. The van der Waals surface area contributed by atoms with E-state index in [-0.39, 0.29) is 12.2 Å². The Hall–Kier alpha value is -2.48. The lowest BCUT2D eigenvalue weighted by molar-refractivity contribution is 0.350.